The van der Waals surface area contributed by atoms with E-state index in [1.54, 1.807) is 0 Å². The van der Waals surface area contributed by atoms with Crippen LogP contribution in [0.5, 0.6) is 0 Å². The largest absolute Gasteiger partial charge is 0.394 e. The van der Waals surface area contributed by atoms with Gasteiger partial charge in [0.1, 0.15) is 57.5 Å². The summed E-state index contributed by atoms with van der Waals surface area (Å²) >= 11 is 18.8. The van der Waals surface area contributed by atoms with Crippen LogP contribution in [-0.2, 0) is 9.47 Å². The number of ether oxygens (including phenoxy) is 2. The van der Waals surface area contributed by atoms with E-state index in [2.05, 4.69) is 25.3 Å². The Hall–Kier alpha value is 0.0800. The fraction of sp³-hybridized carbons (Fsp3) is 0.913. The van der Waals surface area contributed by atoms with Gasteiger partial charge >= 0.3 is 0 Å². The minimum absolute atomic E-state index is 0.172. The summed E-state index contributed by atoms with van der Waals surface area (Å²) in [4.78, 5) is 3.07. The third-order valence-electron chi connectivity index (χ3n) is 7.14. The standard InChI is InChI=1S/C23H42N2O10S4/c26-10-12-14(28)16(30)18(32)20(34-12)24(22(36)37)8-6-4-2-1-3-5-7-9-25(23(38)39)21-19(33)17(31)15(29)13(11-27)35-21/h12-21,26-33H,1-11H2,(H,36,37)(H,38,39)/t12-,13-,14-,15-,16+,17+,18-,19-,20?,21?/m1/s1. The molecule has 2 rings (SSSR count). The van der Waals surface area contributed by atoms with Crippen LogP contribution < -0.4 is 0 Å². The molecule has 0 bridgehead atoms. The maximum Gasteiger partial charge on any atom is 0.160 e. The van der Waals surface area contributed by atoms with Crippen LogP contribution >= 0.6 is 49.7 Å². The predicted molar refractivity (Wildman–Crippen MR) is 156 cm³/mol. The number of aliphatic hydroxyl groups excluding tert-OH is 8. The molecule has 12 nitrogen and oxygen atoms in total. The summed E-state index contributed by atoms with van der Waals surface area (Å²) in [6.45, 7) is -0.208. The molecule has 0 saturated carbocycles. The second kappa shape index (κ2) is 17.3. The third kappa shape index (κ3) is 9.54. The number of hydrogen-bond acceptors (Lipinski definition) is 12. The molecule has 39 heavy (non-hydrogen) atoms. The summed E-state index contributed by atoms with van der Waals surface area (Å²) in [5, 5.41) is 79.6. The Labute approximate surface area is 250 Å². The first-order valence-electron chi connectivity index (χ1n) is 13.1. The van der Waals surface area contributed by atoms with Gasteiger partial charge in [-0.25, -0.2) is 0 Å². The first-order valence-corrected chi connectivity index (χ1v) is 14.8. The van der Waals surface area contributed by atoms with E-state index >= 15 is 0 Å². The van der Waals surface area contributed by atoms with E-state index in [1.165, 1.54) is 9.80 Å². The molecule has 2 saturated heterocycles. The van der Waals surface area contributed by atoms with Gasteiger partial charge in [-0.2, -0.15) is 0 Å². The van der Waals surface area contributed by atoms with Crippen molar-refractivity contribution >= 4 is 58.3 Å². The van der Waals surface area contributed by atoms with Gasteiger partial charge in [0.05, 0.1) is 13.2 Å². The van der Waals surface area contributed by atoms with Gasteiger partial charge in [0.25, 0.3) is 0 Å². The first-order chi connectivity index (χ1) is 18.5. The van der Waals surface area contributed by atoms with Gasteiger partial charge in [-0.15, -0.1) is 25.3 Å². The van der Waals surface area contributed by atoms with Gasteiger partial charge < -0.3 is 60.1 Å². The summed E-state index contributed by atoms with van der Waals surface area (Å²) in [6.07, 6.45) is -6.81. The summed E-state index contributed by atoms with van der Waals surface area (Å²) in [5.41, 5.74) is 0. The van der Waals surface area contributed by atoms with Crippen molar-refractivity contribution in [3.05, 3.63) is 0 Å². The van der Waals surface area contributed by atoms with E-state index in [1.807, 2.05) is 0 Å². The molecule has 0 aromatic carbocycles. The summed E-state index contributed by atoms with van der Waals surface area (Å²) < 4.78 is 11.5. The molecule has 10 atom stereocenters. The van der Waals surface area contributed by atoms with Crippen LogP contribution in [0.2, 0.25) is 0 Å². The van der Waals surface area contributed by atoms with Crippen LogP contribution in [0, 0.1) is 0 Å². The van der Waals surface area contributed by atoms with E-state index in [0.717, 1.165) is 32.1 Å². The lowest BCUT2D eigenvalue weighted by atomic mass is 9.97. The van der Waals surface area contributed by atoms with Crippen LogP contribution in [0.4, 0.5) is 0 Å². The van der Waals surface area contributed by atoms with Crippen molar-refractivity contribution in [3.63, 3.8) is 0 Å². The molecule has 0 aromatic rings. The minimum Gasteiger partial charge on any atom is -0.394 e. The number of unbranched alkanes of at least 4 members (excludes halogenated alkanes) is 6. The lowest BCUT2D eigenvalue weighted by Crippen LogP contribution is -2.63. The molecular formula is C23H42N2O10S4. The van der Waals surface area contributed by atoms with Gasteiger partial charge in [0, 0.05) is 13.1 Å². The van der Waals surface area contributed by atoms with E-state index in [9.17, 15) is 40.9 Å². The van der Waals surface area contributed by atoms with Crippen LogP contribution in [0.1, 0.15) is 44.9 Å². The highest BCUT2D eigenvalue weighted by Gasteiger charge is 2.47. The SMILES string of the molecule is OC[C@H]1OC(N(CCCCCCCCCN(C(=S)S)C2O[C@H](CO)[C@@H](O)[C@H](O)[C@H]2O)C(=S)S)[C@H](O)[C@@H](O)[C@@H]1O. The minimum atomic E-state index is -1.49. The third-order valence-corrected chi connectivity index (χ3v) is 8.12. The lowest BCUT2D eigenvalue weighted by Gasteiger charge is -2.45. The zero-order chi connectivity index (χ0) is 29.3. The predicted octanol–water partition coefficient (Wildman–Crippen LogP) is -1.65. The summed E-state index contributed by atoms with van der Waals surface area (Å²) in [5.74, 6) is 0. The highest BCUT2D eigenvalue weighted by molar-refractivity contribution is 8.11. The molecule has 2 fully saturated rings. The molecule has 2 unspecified atom stereocenters. The van der Waals surface area contributed by atoms with Crippen molar-refractivity contribution in [2.45, 2.75) is 106 Å². The van der Waals surface area contributed by atoms with Crippen LogP contribution in [0.15, 0.2) is 0 Å². The average Bonchev–Trinajstić information content (AvgIpc) is 2.90. The quantitative estimate of drug-likeness (QED) is 0.0595. The van der Waals surface area contributed by atoms with Crippen LogP contribution in [0.25, 0.3) is 0 Å². The van der Waals surface area contributed by atoms with E-state index < -0.39 is 74.5 Å². The fourth-order valence-electron chi connectivity index (χ4n) is 4.79. The normalized spacial score (nSPS) is 35.0. The van der Waals surface area contributed by atoms with Crippen molar-refractivity contribution in [1.82, 2.24) is 9.80 Å². The number of hydrogen-bond donors (Lipinski definition) is 10. The van der Waals surface area contributed by atoms with Crippen molar-refractivity contribution in [2.75, 3.05) is 26.3 Å². The Morgan fingerprint density at radius 3 is 1.13 bits per heavy atom. The Morgan fingerprint density at radius 1 is 0.538 bits per heavy atom. The van der Waals surface area contributed by atoms with Crippen molar-refractivity contribution in [3.8, 4) is 0 Å². The Bertz CT molecular complexity index is 710. The molecule has 0 spiro atoms. The van der Waals surface area contributed by atoms with Crippen molar-refractivity contribution < 1.29 is 50.3 Å². The summed E-state index contributed by atoms with van der Waals surface area (Å²) in [7, 11) is 0. The zero-order valence-electron chi connectivity index (χ0n) is 21.6. The van der Waals surface area contributed by atoms with Gasteiger partial charge in [0.15, 0.2) is 12.5 Å². The first kappa shape index (κ1) is 35.3. The zero-order valence-corrected chi connectivity index (χ0v) is 25.0. The molecule has 16 heteroatoms. The summed E-state index contributed by atoms with van der Waals surface area (Å²) in [6, 6.07) is 0. The number of thiocarbonyl (C=S) groups is 2. The molecule has 0 aliphatic carbocycles. The molecule has 0 radical (unpaired) electrons. The fourth-order valence-corrected chi connectivity index (χ4v) is 5.61. The van der Waals surface area contributed by atoms with Gasteiger partial charge in [-0.3, -0.25) is 0 Å². The number of aliphatic hydroxyl groups is 8. The van der Waals surface area contributed by atoms with Crippen LogP contribution in [-0.4, -0.2) is 147 Å². The van der Waals surface area contributed by atoms with Crippen molar-refractivity contribution in [1.29, 1.82) is 0 Å². The topological polar surface area (TPSA) is 187 Å². The average molecular weight is 635 g/mol. The van der Waals surface area contributed by atoms with Gasteiger partial charge in [-0.05, 0) is 12.8 Å². The maximum absolute atomic E-state index is 10.4. The van der Waals surface area contributed by atoms with Crippen molar-refractivity contribution in [2.24, 2.45) is 0 Å². The molecule has 0 amide bonds. The van der Waals surface area contributed by atoms with Crippen LogP contribution in [0.3, 0.4) is 0 Å². The highest BCUT2D eigenvalue weighted by Crippen LogP contribution is 2.26. The molecule has 228 valence electrons. The molecule has 2 heterocycles. The Kier molecular flexibility index (Phi) is 15.6. The number of thiol groups is 2. The van der Waals surface area contributed by atoms with Gasteiger partial charge in [-0.1, -0.05) is 56.5 Å². The Balaban J connectivity index is 1.71. The smallest absolute Gasteiger partial charge is 0.160 e. The van der Waals surface area contributed by atoms with E-state index in [4.69, 9.17) is 33.9 Å². The van der Waals surface area contributed by atoms with Gasteiger partial charge in [0.2, 0.25) is 0 Å². The molecule has 2 aliphatic rings. The molecule has 8 N–H and O–H groups in total. The maximum atomic E-state index is 10.4. The highest BCUT2D eigenvalue weighted by atomic mass is 32.1. The number of nitrogens with zero attached hydrogens (tertiary/aromatic N) is 2. The Morgan fingerprint density at radius 2 is 0.846 bits per heavy atom. The second-order valence-electron chi connectivity index (χ2n) is 9.87. The second-order valence-corrected chi connectivity index (χ2v) is 12.1. The monoisotopic (exact) mass is 634 g/mol. The molecule has 0 aromatic heterocycles. The molecule has 2 aliphatic heterocycles. The van der Waals surface area contributed by atoms with E-state index in [0.29, 0.717) is 25.9 Å². The number of rotatable bonds is 14. The lowest BCUT2D eigenvalue weighted by molar-refractivity contribution is -0.254. The van der Waals surface area contributed by atoms with E-state index in [-0.39, 0.29) is 8.64 Å². The molecular weight excluding hydrogens is 593 g/mol.